The molecule has 0 saturated heterocycles. The van der Waals surface area contributed by atoms with E-state index >= 15 is 0 Å². The van der Waals surface area contributed by atoms with Gasteiger partial charge in [-0.25, -0.2) is 14.4 Å². The molecule has 2 N–H and O–H groups in total. The van der Waals surface area contributed by atoms with E-state index in [9.17, 15) is 4.39 Å². The number of benzene rings is 1. The van der Waals surface area contributed by atoms with E-state index in [4.69, 9.17) is 0 Å². The minimum Gasteiger partial charge on any atom is -0.369 e. The number of halogens is 2. The zero-order valence-electron chi connectivity index (χ0n) is 9.74. The molecule has 0 amide bonds. The van der Waals surface area contributed by atoms with Crippen molar-refractivity contribution in [1.29, 1.82) is 0 Å². The average molecular weight is 311 g/mol. The fraction of sp³-hybridized carbons (Fsp3) is 0.167. The summed E-state index contributed by atoms with van der Waals surface area (Å²) in [5, 5.41) is 6.21. The summed E-state index contributed by atoms with van der Waals surface area (Å²) in [6.45, 7) is 2.76. The molecule has 0 fully saturated rings. The molecule has 2 aromatic rings. The van der Waals surface area contributed by atoms with E-state index in [2.05, 4.69) is 36.5 Å². The highest BCUT2D eigenvalue weighted by Gasteiger charge is 2.07. The Morgan fingerprint density at radius 3 is 2.50 bits per heavy atom. The van der Waals surface area contributed by atoms with Crippen molar-refractivity contribution in [3.05, 3.63) is 40.9 Å². The van der Waals surface area contributed by atoms with Gasteiger partial charge in [0.1, 0.15) is 28.3 Å². The Kier molecular flexibility index (Phi) is 4.09. The molecule has 0 saturated carbocycles. The molecule has 0 aliphatic heterocycles. The Morgan fingerprint density at radius 2 is 1.83 bits per heavy atom. The fourth-order valence-corrected chi connectivity index (χ4v) is 1.86. The summed E-state index contributed by atoms with van der Waals surface area (Å²) in [7, 11) is 0. The van der Waals surface area contributed by atoms with Gasteiger partial charge in [0.25, 0.3) is 0 Å². The van der Waals surface area contributed by atoms with Gasteiger partial charge in [-0.1, -0.05) is 0 Å². The van der Waals surface area contributed by atoms with Crippen LogP contribution in [-0.2, 0) is 0 Å². The highest BCUT2D eigenvalue weighted by atomic mass is 79.9. The van der Waals surface area contributed by atoms with E-state index in [0.717, 1.165) is 22.5 Å². The molecule has 94 valence electrons. The van der Waals surface area contributed by atoms with Gasteiger partial charge in [-0.3, -0.25) is 0 Å². The normalized spacial score (nSPS) is 10.2. The van der Waals surface area contributed by atoms with Crippen molar-refractivity contribution in [1.82, 2.24) is 9.97 Å². The van der Waals surface area contributed by atoms with E-state index in [1.807, 2.05) is 6.92 Å². The molecule has 4 nitrogen and oxygen atoms in total. The highest BCUT2D eigenvalue weighted by Crippen LogP contribution is 2.28. The zero-order chi connectivity index (χ0) is 13.0. The SMILES string of the molecule is CCNc1ncnc(Nc2ccc(F)cc2)c1Br. The average Bonchev–Trinajstić information content (AvgIpc) is 2.37. The van der Waals surface area contributed by atoms with E-state index in [-0.39, 0.29) is 5.82 Å². The first-order valence-electron chi connectivity index (χ1n) is 5.47. The molecule has 0 aliphatic rings. The Balaban J connectivity index is 2.23. The minimum atomic E-state index is -0.268. The molecule has 6 heteroatoms. The van der Waals surface area contributed by atoms with Crippen LogP contribution in [0.25, 0.3) is 0 Å². The van der Waals surface area contributed by atoms with E-state index < -0.39 is 0 Å². The first kappa shape index (κ1) is 12.8. The van der Waals surface area contributed by atoms with Gasteiger partial charge in [0, 0.05) is 12.2 Å². The van der Waals surface area contributed by atoms with Crippen LogP contribution in [0.3, 0.4) is 0 Å². The molecule has 0 atom stereocenters. The van der Waals surface area contributed by atoms with Gasteiger partial charge in [-0.05, 0) is 47.1 Å². The lowest BCUT2D eigenvalue weighted by Gasteiger charge is -2.10. The molecular weight excluding hydrogens is 299 g/mol. The van der Waals surface area contributed by atoms with E-state index in [1.165, 1.54) is 18.5 Å². The summed E-state index contributed by atoms with van der Waals surface area (Å²) in [4.78, 5) is 8.25. The molecule has 2 rings (SSSR count). The predicted octanol–water partition coefficient (Wildman–Crippen LogP) is 3.55. The Labute approximate surface area is 113 Å². The van der Waals surface area contributed by atoms with Crippen molar-refractivity contribution < 1.29 is 4.39 Å². The number of rotatable bonds is 4. The highest BCUT2D eigenvalue weighted by molar-refractivity contribution is 9.10. The predicted molar refractivity (Wildman–Crippen MR) is 73.6 cm³/mol. The van der Waals surface area contributed by atoms with Crippen LogP contribution in [-0.4, -0.2) is 16.5 Å². The minimum absolute atomic E-state index is 0.268. The van der Waals surface area contributed by atoms with Gasteiger partial charge in [0.15, 0.2) is 0 Å². The summed E-state index contributed by atoms with van der Waals surface area (Å²) in [5.41, 5.74) is 0.762. The maximum Gasteiger partial charge on any atom is 0.150 e. The van der Waals surface area contributed by atoms with Gasteiger partial charge >= 0.3 is 0 Å². The first-order chi connectivity index (χ1) is 8.70. The Hall–Kier alpha value is -1.69. The summed E-state index contributed by atoms with van der Waals surface area (Å²) in [6, 6.07) is 6.08. The van der Waals surface area contributed by atoms with Crippen molar-refractivity contribution in [3.8, 4) is 0 Å². The third-order valence-electron chi connectivity index (χ3n) is 2.24. The van der Waals surface area contributed by atoms with Crippen LogP contribution in [0.1, 0.15) is 6.92 Å². The molecule has 1 aromatic carbocycles. The van der Waals surface area contributed by atoms with Crippen LogP contribution >= 0.6 is 15.9 Å². The van der Waals surface area contributed by atoms with Gasteiger partial charge in [-0.2, -0.15) is 0 Å². The van der Waals surface area contributed by atoms with Crippen LogP contribution < -0.4 is 10.6 Å². The van der Waals surface area contributed by atoms with Crippen LogP contribution in [0.4, 0.5) is 21.7 Å². The van der Waals surface area contributed by atoms with E-state index in [0.29, 0.717) is 5.82 Å². The second-order valence-corrected chi connectivity index (χ2v) is 4.34. The van der Waals surface area contributed by atoms with Gasteiger partial charge in [0.05, 0.1) is 0 Å². The molecule has 1 aromatic heterocycles. The summed E-state index contributed by atoms with van der Waals surface area (Å²) < 4.78 is 13.5. The first-order valence-corrected chi connectivity index (χ1v) is 6.27. The molecular formula is C12H12BrFN4. The quantitative estimate of drug-likeness (QED) is 0.906. The second-order valence-electron chi connectivity index (χ2n) is 3.55. The number of hydrogen-bond acceptors (Lipinski definition) is 4. The Morgan fingerprint density at radius 1 is 1.17 bits per heavy atom. The lowest BCUT2D eigenvalue weighted by molar-refractivity contribution is 0.628. The molecule has 18 heavy (non-hydrogen) atoms. The lowest BCUT2D eigenvalue weighted by atomic mass is 10.3. The summed E-state index contributed by atoms with van der Waals surface area (Å²) in [5.74, 6) is 1.08. The van der Waals surface area contributed by atoms with Gasteiger partial charge in [-0.15, -0.1) is 0 Å². The maximum atomic E-state index is 12.8. The molecule has 1 heterocycles. The topological polar surface area (TPSA) is 49.8 Å². The molecule has 0 radical (unpaired) electrons. The third kappa shape index (κ3) is 2.95. The third-order valence-corrected chi connectivity index (χ3v) is 2.99. The molecule has 0 aliphatic carbocycles. The second kappa shape index (κ2) is 5.77. The zero-order valence-corrected chi connectivity index (χ0v) is 11.3. The fourth-order valence-electron chi connectivity index (χ4n) is 1.42. The number of nitrogens with one attached hydrogen (secondary N) is 2. The standard InChI is InChI=1S/C12H12BrFN4/c1-2-15-11-10(13)12(17-7-16-11)18-9-5-3-8(14)4-6-9/h3-7H,2H2,1H3,(H2,15,16,17,18). The smallest absolute Gasteiger partial charge is 0.150 e. The van der Waals surface area contributed by atoms with Crippen molar-refractivity contribution in [2.45, 2.75) is 6.92 Å². The number of hydrogen-bond donors (Lipinski definition) is 2. The van der Waals surface area contributed by atoms with Crippen molar-refractivity contribution in [3.63, 3.8) is 0 Å². The summed E-state index contributed by atoms with van der Waals surface area (Å²) >= 11 is 3.43. The van der Waals surface area contributed by atoms with Crippen molar-refractivity contribution >= 4 is 33.3 Å². The van der Waals surface area contributed by atoms with Crippen LogP contribution in [0.2, 0.25) is 0 Å². The van der Waals surface area contributed by atoms with Gasteiger partial charge in [0.2, 0.25) is 0 Å². The lowest BCUT2D eigenvalue weighted by Crippen LogP contribution is -2.03. The molecule has 0 bridgehead atoms. The van der Waals surface area contributed by atoms with Gasteiger partial charge < -0.3 is 10.6 Å². The number of anilines is 3. The monoisotopic (exact) mass is 310 g/mol. The molecule has 0 spiro atoms. The van der Waals surface area contributed by atoms with Crippen molar-refractivity contribution in [2.24, 2.45) is 0 Å². The molecule has 0 unspecified atom stereocenters. The maximum absolute atomic E-state index is 12.8. The number of nitrogens with zero attached hydrogens (tertiary/aromatic N) is 2. The van der Waals surface area contributed by atoms with Crippen LogP contribution in [0.15, 0.2) is 35.1 Å². The number of aromatic nitrogens is 2. The van der Waals surface area contributed by atoms with E-state index in [1.54, 1.807) is 12.1 Å². The Bertz CT molecular complexity index is 530. The summed E-state index contributed by atoms with van der Waals surface area (Å²) in [6.07, 6.45) is 1.47. The van der Waals surface area contributed by atoms with Crippen LogP contribution in [0.5, 0.6) is 0 Å². The van der Waals surface area contributed by atoms with Crippen LogP contribution in [0, 0.1) is 5.82 Å². The largest absolute Gasteiger partial charge is 0.369 e. The van der Waals surface area contributed by atoms with Crippen molar-refractivity contribution in [2.75, 3.05) is 17.2 Å².